The molecule has 1 N–H and O–H groups in total. The zero-order valence-corrected chi connectivity index (χ0v) is 14.2. The number of amides is 1. The summed E-state index contributed by atoms with van der Waals surface area (Å²) in [5.74, 6) is -1.04. The molecule has 0 bridgehead atoms. The number of hydrogen-bond acceptors (Lipinski definition) is 5. The zero-order chi connectivity index (χ0) is 16.6. The normalized spacial score (nSPS) is 24.8. The fourth-order valence-corrected chi connectivity index (χ4v) is 4.31. The van der Waals surface area contributed by atoms with Gasteiger partial charge in [-0.15, -0.1) is 11.3 Å². The van der Waals surface area contributed by atoms with Crippen LogP contribution >= 0.6 is 11.3 Å². The third kappa shape index (κ3) is 2.81. The fraction of sp³-hybridized carbons (Fsp3) is 0.529. The van der Waals surface area contributed by atoms with Crippen LogP contribution in [0.4, 0.5) is 0 Å². The van der Waals surface area contributed by atoms with Crippen LogP contribution in [0, 0.1) is 6.92 Å². The quantitative estimate of drug-likeness (QED) is 0.898. The number of ketones is 1. The van der Waals surface area contributed by atoms with Crippen molar-refractivity contribution in [3.8, 4) is 0 Å². The topological polar surface area (TPSA) is 66.8 Å². The second-order valence-corrected chi connectivity index (χ2v) is 6.95. The maximum Gasteiger partial charge on any atom is 0.290 e. The molecule has 0 radical (unpaired) electrons. The largest absolute Gasteiger partial charge is 0.503 e. The molecule has 3 rings (SSSR count). The minimum absolute atomic E-state index is 0.0226. The maximum absolute atomic E-state index is 12.6. The summed E-state index contributed by atoms with van der Waals surface area (Å²) in [6.45, 7) is 4.82. The molecular weight excluding hydrogens is 314 g/mol. The molecule has 124 valence electrons. The second kappa shape index (κ2) is 6.45. The second-order valence-electron chi connectivity index (χ2n) is 6.00. The van der Waals surface area contributed by atoms with E-state index in [2.05, 4.69) is 0 Å². The number of aliphatic hydroxyl groups is 1. The summed E-state index contributed by atoms with van der Waals surface area (Å²) >= 11 is 1.51. The van der Waals surface area contributed by atoms with E-state index in [-0.39, 0.29) is 23.9 Å². The molecule has 2 aliphatic heterocycles. The van der Waals surface area contributed by atoms with Gasteiger partial charge in [-0.3, -0.25) is 9.59 Å². The van der Waals surface area contributed by atoms with E-state index in [4.69, 9.17) is 4.74 Å². The number of thiophene rings is 1. The molecule has 0 aromatic carbocycles. The highest BCUT2D eigenvalue weighted by atomic mass is 32.1. The first-order chi connectivity index (χ1) is 11.0. The van der Waals surface area contributed by atoms with Crippen molar-refractivity contribution in [3.63, 3.8) is 0 Å². The highest BCUT2D eigenvalue weighted by Crippen LogP contribution is 2.42. The Labute approximate surface area is 139 Å². The lowest BCUT2D eigenvalue weighted by molar-refractivity contribution is -0.131. The minimum Gasteiger partial charge on any atom is -0.503 e. The molecule has 0 aliphatic carbocycles. The Hall–Kier alpha value is -1.66. The van der Waals surface area contributed by atoms with Crippen LogP contribution in [-0.4, -0.2) is 41.0 Å². The Morgan fingerprint density at radius 3 is 2.87 bits per heavy atom. The molecule has 6 heteroatoms. The molecule has 2 unspecified atom stereocenters. The van der Waals surface area contributed by atoms with Crippen molar-refractivity contribution < 1.29 is 19.4 Å². The molecule has 1 amide bonds. The molecule has 3 heterocycles. The predicted molar refractivity (Wildman–Crippen MR) is 87.4 cm³/mol. The van der Waals surface area contributed by atoms with Crippen LogP contribution in [0.25, 0.3) is 0 Å². The maximum atomic E-state index is 12.6. The summed E-state index contributed by atoms with van der Waals surface area (Å²) in [4.78, 5) is 27.4. The molecule has 1 saturated heterocycles. The van der Waals surface area contributed by atoms with Crippen molar-refractivity contribution in [1.29, 1.82) is 0 Å². The summed E-state index contributed by atoms with van der Waals surface area (Å²) < 4.78 is 5.64. The first-order valence-corrected chi connectivity index (χ1v) is 8.85. The van der Waals surface area contributed by atoms with E-state index in [1.165, 1.54) is 11.3 Å². The van der Waals surface area contributed by atoms with Crippen LogP contribution in [0.3, 0.4) is 0 Å². The molecule has 1 aromatic rings. The lowest BCUT2D eigenvalue weighted by Gasteiger charge is -2.28. The van der Waals surface area contributed by atoms with Gasteiger partial charge >= 0.3 is 0 Å². The number of ether oxygens (including phenoxy) is 1. The van der Waals surface area contributed by atoms with E-state index in [0.29, 0.717) is 13.2 Å². The monoisotopic (exact) mass is 335 g/mol. The number of aryl methyl sites for hydroxylation is 1. The Kier molecular flexibility index (Phi) is 4.55. The molecule has 0 spiro atoms. The molecule has 1 aromatic heterocycles. The lowest BCUT2D eigenvalue weighted by atomic mass is 9.98. The van der Waals surface area contributed by atoms with Gasteiger partial charge in [-0.05, 0) is 36.8 Å². The Morgan fingerprint density at radius 1 is 1.52 bits per heavy atom. The Bertz CT molecular complexity index is 657. The van der Waals surface area contributed by atoms with E-state index >= 15 is 0 Å². The van der Waals surface area contributed by atoms with Crippen molar-refractivity contribution in [2.24, 2.45) is 0 Å². The zero-order valence-electron chi connectivity index (χ0n) is 13.4. The highest BCUT2D eigenvalue weighted by molar-refractivity contribution is 7.10. The van der Waals surface area contributed by atoms with Gasteiger partial charge in [0.15, 0.2) is 11.5 Å². The highest BCUT2D eigenvalue weighted by Gasteiger charge is 2.44. The predicted octanol–water partition coefficient (Wildman–Crippen LogP) is 2.91. The van der Waals surface area contributed by atoms with Gasteiger partial charge in [0, 0.05) is 24.4 Å². The molecule has 23 heavy (non-hydrogen) atoms. The van der Waals surface area contributed by atoms with Crippen LogP contribution < -0.4 is 0 Å². The first kappa shape index (κ1) is 16.2. The Balaban J connectivity index is 1.99. The SMILES string of the molecule is CCC(=O)C1=C(O)C(=O)N(CC2CCCO2)C1c1sccc1C. The minimum atomic E-state index is -0.487. The van der Waals surface area contributed by atoms with Gasteiger partial charge in [0.05, 0.1) is 17.7 Å². The molecule has 5 nitrogen and oxygen atoms in total. The van der Waals surface area contributed by atoms with Crippen molar-refractivity contribution in [3.05, 3.63) is 33.2 Å². The fourth-order valence-electron chi connectivity index (χ4n) is 3.26. The van der Waals surface area contributed by atoms with Gasteiger partial charge < -0.3 is 14.7 Å². The number of nitrogens with zero attached hydrogens (tertiary/aromatic N) is 1. The van der Waals surface area contributed by atoms with E-state index < -0.39 is 17.7 Å². The third-order valence-corrected chi connectivity index (χ3v) is 5.57. The number of carbonyl (C=O) groups excluding carboxylic acids is 2. The number of Topliss-reactive ketones (excluding diaryl/α,β-unsaturated/α-hetero) is 1. The van der Waals surface area contributed by atoms with Gasteiger partial charge in [0.25, 0.3) is 5.91 Å². The lowest BCUT2D eigenvalue weighted by Crippen LogP contribution is -2.37. The number of aliphatic hydroxyl groups excluding tert-OH is 1. The van der Waals surface area contributed by atoms with E-state index in [9.17, 15) is 14.7 Å². The molecular formula is C17H21NO4S. The van der Waals surface area contributed by atoms with E-state index in [1.807, 2.05) is 18.4 Å². The van der Waals surface area contributed by atoms with Crippen LogP contribution in [0.1, 0.15) is 42.7 Å². The number of carbonyl (C=O) groups is 2. The van der Waals surface area contributed by atoms with Crippen LogP contribution in [0.15, 0.2) is 22.8 Å². The van der Waals surface area contributed by atoms with Crippen molar-refractivity contribution in [1.82, 2.24) is 4.90 Å². The van der Waals surface area contributed by atoms with Gasteiger partial charge in [-0.1, -0.05) is 6.92 Å². The van der Waals surface area contributed by atoms with Gasteiger partial charge in [-0.2, -0.15) is 0 Å². The molecule has 1 fully saturated rings. The average Bonchev–Trinajstić information content (AvgIpc) is 3.24. The van der Waals surface area contributed by atoms with Gasteiger partial charge in [0.2, 0.25) is 0 Å². The smallest absolute Gasteiger partial charge is 0.290 e. The average molecular weight is 335 g/mol. The molecule has 2 atom stereocenters. The molecule has 2 aliphatic rings. The van der Waals surface area contributed by atoms with Crippen LogP contribution in [0.5, 0.6) is 0 Å². The Morgan fingerprint density at radius 2 is 2.30 bits per heavy atom. The van der Waals surface area contributed by atoms with Crippen molar-refractivity contribution in [2.75, 3.05) is 13.2 Å². The van der Waals surface area contributed by atoms with Gasteiger partial charge in [0.1, 0.15) is 0 Å². The summed E-state index contributed by atoms with van der Waals surface area (Å²) in [7, 11) is 0. The van der Waals surface area contributed by atoms with Crippen LogP contribution in [-0.2, 0) is 14.3 Å². The molecule has 0 saturated carbocycles. The third-order valence-electron chi connectivity index (χ3n) is 4.50. The summed E-state index contributed by atoms with van der Waals surface area (Å²) in [5.41, 5.74) is 1.27. The first-order valence-electron chi connectivity index (χ1n) is 7.97. The summed E-state index contributed by atoms with van der Waals surface area (Å²) in [5, 5.41) is 12.2. The van der Waals surface area contributed by atoms with Crippen molar-refractivity contribution in [2.45, 2.75) is 45.3 Å². The summed E-state index contributed by atoms with van der Waals surface area (Å²) in [6, 6.07) is 1.48. The number of rotatable bonds is 5. The number of hydrogen-bond donors (Lipinski definition) is 1. The van der Waals surface area contributed by atoms with E-state index in [1.54, 1.807) is 11.8 Å². The summed E-state index contributed by atoms with van der Waals surface area (Å²) in [6.07, 6.45) is 2.12. The van der Waals surface area contributed by atoms with Crippen LogP contribution in [0.2, 0.25) is 0 Å². The van der Waals surface area contributed by atoms with Crippen molar-refractivity contribution >= 4 is 23.0 Å². The van der Waals surface area contributed by atoms with E-state index in [0.717, 1.165) is 23.3 Å². The standard InChI is InChI=1S/C17H21NO4S/c1-3-12(19)13-14(16-10(2)6-8-23-16)18(17(21)15(13)20)9-11-5-4-7-22-11/h6,8,11,14,20H,3-5,7,9H2,1-2H3. The van der Waals surface area contributed by atoms with Gasteiger partial charge in [-0.25, -0.2) is 0 Å².